The summed E-state index contributed by atoms with van der Waals surface area (Å²) < 4.78 is 0. The van der Waals surface area contributed by atoms with Gasteiger partial charge in [0.1, 0.15) is 0 Å². The molecule has 0 aliphatic carbocycles. The highest BCUT2D eigenvalue weighted by Crippen LogP contribution is 2.39. The van der Waals surface area contributed by atoms with Crippen LogP contribution in [0.5, 0.6) is 0 Å². The van der Waals surface area contributed by atoms with Gasteiger partial charge in [0.2, 0.25) is 0 Å². The van der Waals surface area contributed by atoms with E-state index in [2.05, 4.69) is 72.8 Å². The molecule has 0 saturated carbocycles. The molecular formula is C25H18OS. The summed E-state index contributed by atoms with van der Waals surface area (Å²) in [5, 5.41) is 0. The van der Waals surface area contributed by atoms with Crippen molar-refractivity contribution in [2.75, 3.05) is 0 Å². The number of benzene rings is 3. The molecule has 0 saturated heterocycles. The van der Waals surface area contributed by atoms with Crippen molar-refractivity contribution >= 4 is 28.8 Å². The van der Waals surface area contributed by atoms with Crippen LogP contribution in [0.25, 0.3) is 11.1 Å². The van der Waals surface area contributed by atoms with Gasteiger partial charge in [0.05, 0.1) is 4.88 Å². The Balaban J connectivity index is 2.08. The van der Waals surface area contributed by atoms with Gasteiger partial charge in [-0.25, -0.2) is 0 Å². The van der Waals surface area contributed by atoms with Crippen molar-refractivity contribution in [3.05, 3.63) is 130 Å². The average molecular weight is 366 g/mol. The Morgan fingerprint density at radius 3 is 1.41 bits per heavy atom. The number of hydrogen-bond acceptors (Lipinski definition) is 2. The van der Waals surface area contributed by atoms with E-state index in [0.29, 0.717) is 0 Å². The lowest BCUT2D eigenvalue weighted by Crippen LogP contribution is -1.95. The number of aldehydes is 1. The molecule has 0 spiro atoms. The molecule has 4 aromatic rings. The number of hydrogen-bond donors (Lipinski definition) is 0. The highest BCUT2D eigenvalue weighted by molar-refractivity contribution is 7.14. The van der Waals surface area contributed by atoms with Crippen LogP contribution in [0.1, 0.15) is 31.2 Å². The third-order valence-electron chi connectivity index (χ3n) is 4.43. The van der Waals surface area contributed by atoms with E-state index < -0.39 is 0 Å². The Hall–Kier alpha value is -3.23. The molecule has 0 radical (unpaired) electrons. The van der Waals surface area contributed by atoms with Gasteiger partial charge >= 0.3 is 0 Å². The topological polar surface area (TPSA) is 17.1 Å². The molecule has 0 atom stereocenters. The molecule has 27 heavy (non-hydrogen) atoms. The maximum Gasteiger partial charge on any atom is 0.160 e. The standard InChI is InChI=1S/C25H18OS/c26-18-22-16-17-23(27-22)25(21-14-8-3-9-15-21)24(19-10-4-1-5-11-19)20-12-6-2-7-13-20/h1-18H. The predicted octanol–water partition coefficient (Wildman–Crippen LogP) is 6.57. The Labute approximate surface area is 163 Å². The molecule has 0 N–H and O–H groups in total. The predicted molar refractivity (Wildman–Crippen MR) is 114 cm³/mol. The summed E-state index contributed by atoms with van der Waals surface area (Å²) in [5.74, 6) is 0. The van der Waals surface area contributed by atoms with Crippen LogP contribution in [0.15, 0.2) is 103 Å². The molecule has 1 heterocycles. The quantitative estimate of drug-likeness (QED) is 0.288. The fraction of sp³-hybridized carbons (Fsp3) is 0. The van der Waals surface area contributed by atoms with Crippen molar-refractivity contribution in [2.24, 2.45) is 0 Å². The maximum atomic E-state index is 11.3. The van der Waals surface area contributed by atoms with E-state index in [4.69, 9.17) is 0 Å². The van der Waals surface area contributed by atoms with Gasteiger partial charge in [-0.15, -0.1) is 11.3 Å². The SMILES string of the molecule is O=Cc1ccc(C(=C(c2ccccc2)c2ccccc2)c2ccccc2)s1. The molecule has 0 aliphatic heterocycles. The summed E-state index contributed by atoms with van der Waals surface area (Å²) in [6.07, 6.45) is 0.918. The van der Waals surface area contributed by atoms with Crippen molar-refractivity contribution in [3.63, 3.8) is 0 Å². The van der Waals surface area contributed by atoms with E-state index in [9.17, 15) is 4.79 Å². The molecule has 4 rings (SSSR count). The second kappa shape index (κ2) is 7.98. The lowest BCUT2D eigenvalue weighted by Gasteiger charge is -2.16. The fourth-order valence-electron chi connectivity index (χ4n) is 3.23. The molecule has 3 aromatic carbocycles. The zero-order valence-electron chi connectivity index (χ0n) is 14.7. The van der Waals surface area contributed by atoms with Gasteiger partial charge in [-0.05, 0) is 34.4 Å². The van der Waals surface area contributed by atoms with E-state index in [1.807, 2.05) is 30.3 Å². The number of rotatable bonds is 5. The van der Waals surface area contributed by atoms with Crippen LogP contribution in [-0.4, -0.2) is 6.29 Å². The number of carbonyl (C=O) groups excluding carboxylic acids is 1. The normalized spacial score (nSPS) is 10.4. The zero-order valence-corrected chi connectivity index (χ0v) is 15.5. The van der Waals surface area contributed by atoms with Gasteiger partial charge in [0, 0.05) is 10.5 Å². The molecule has 1 nitrogen and oxygen atoms in total. The summed E-state index contributed by atoms with van der Waals surface area (Å²) in [4.78, 5) is 13.1. The monoisotopic (exact) mass is 366 g/mol. The van der Waals surface area contributed by atoms with Crippen molar-refractivity contribution in [1.82, 2.24) is 0 Å². The smallest absolute Gasteiger partial charge is 0.160 e. The molecule has 0 fully saturated rings. The van der Waals surface area contributed by atoms with Gasteiger partial charge < -0.3 is 0 Å². The van der Waals surface area contributed by atoms with E-state index >= 15 is 0 Å². The second-order valence-electron chi connectivity index (χ2n) is 6.17. The van der Waals surface area contributed by atoms with Gasteiger partial charge in [0.25, 0.3) is 0 Å². The largest absolute Gasteiger partial charge is 0.297 e. The summed E-state index contributed by atoms with van der Waals surface area (Å²) >= 11 is 1.53. The Kier molecular flexibility index (Phi) is 5.08. The first-order valence-electron chi connectivity index (χ1n) is 8.83. The minimum Gasteiger partial charge on any atom is -0.297 e. The first-order chi connectivity index (χ1) is 13.4. The summed E-state index contributed by atoms with van der Waals surface area (Å²) in [6.45, 7) is 0. The van der Waals surface area contributed by atoms with Crippen molar-refractivity contribution < 1.29 is 4.79 Å². The van der Waals surface area contributed by atoms with Crippen LogP contribution in [0.2, 0.25) is 0 Å². The van der Waals surface area contributed by atoms with Crippen LogP contribution in [0.4, 0.5) is 0 Å². The van der Waals surface area contributed by atoms with Crippen LogP contribution < -0.4 is 0 Å². The van der Waals surface area contributed by atoms with Gasteiger partial charge in [-0.3, -0.25) is 4.79 Å². The van der Waals surface area contributed by atoms with Crippen LogP contribution in [-0.2, 0) is 0 Å². The van der Waals surface area contributed by atoms with E-state index in [-0.39, 0.29) is 0 Å². The Morgan fingerprint density at radius 1 is 0.556 bits per heavy atom. The second-order valence-corrected chi connectivity index (χ2v) is 7.28. The Bertz CT molecular complexity index is 1020. The Morgan fingerprint density at radius 2 is 1.00 bits per heavy atom. The van der Waals surface area contributed by atoms with Crippen LogP contribution >= 0.6 is 11.3 Å². The average Bonchev–Trinajstić information content (AvgIpc) is 3.22. The minimum atomic E-state index is 0.735. The molecule has 0 bridgehead atoms. The minimum absolute atomic E-state index is 0.735. The molecule has 2 heteroatoms. The summed E-state index contributed by atoms with van der Waals surface area (Å²) in [7, 11) is 0. The number of thiophene rings is 1. The lowest BCUT2D eigenvalue weighted by molar-refractivity contribution is 0.112. The van der Waals surface area contributed by atoms with E-state index in [1.165, 1.54) is 16.9 Å². The lowest BCUT2D eigenvalue weighted by atomic mass is 9.89. The first kappa shape index (κ1) is 17.2. The van der Waals surface area contributed by atoms with Crippen molar-refractivity contribution in [3.8, 4) is 0 Å². The highest BCUT2D eigenvalue weighted by atomic mass is 32.1. The van der Waals surface area contributed by atoms with Gasteiger partial charge in [-0.2, -0.15) is 0 Å². The van der Waals surface area contributed by atoms with Crippen molar-refractivity contribution in [2.45, 2.75) is 0 Å². The third-order valence-corrected chi connectivity index (χ3v) is 5.45. The number of carbonyl (C=O) groups is 1. The molecule has 0 amide bonds. The van der Waals surface area contributed by atoms with Crippen LogP contribution in [0.3, 0.4) is 0 Å². The molecule has 0 unspecified atom stereocenters. The van der Waals surface area contributed by atoms with E-state index in [0.717, 1.165) is 38.3 Å². The van der Waals surface area contributed by atoms with Crippen LogP contribution in [0, 0.1) is 0 Å². The van der Waals surface area contributed by atoms with Crippen molar-refractivity contribution in [1.29, 1.82) is 0 Å². The van der Waals surface area contributed by atoms with Gasteiger partial charge in [-0.1, -0.05) is 91.0 Å². The molecular weight excluding hydrogens is 348 g/mol. The fourth-order valence-corrected chi connectivity index (χ4v) is 4.13. The maximum absolute atomic E-state index is 11.3. The first-order valence-corrected chi connectivity index (χ1v) is 9.64. The summed E-state index contributed by atoms with van der Waals surface area (Å²) in [6, 6.07) is 35.2. The third kappa shape index (κ3) is 3.67. The van der Waals surface area contributed by atoms with Gasteiger partial charge in [0.15, 0.2) is 6.29 Å². The molecule has 1 aromatic heterocycles. The summed E-state index contributed by atoms with van der Waals surface area (Å²) in [5.41, 5.74) is 5.76. The highest BCUT2D eigenvalue weighted by Gasteiger charge is 2.17. The zero-order chi connectivity index (χ0) is 18.5. The molecule has 0 aliphatic rings. The molecule has 130 valence electrons. The van der Waals surface area contributed by atoms with E-state index in [1.54, 1.807) is 0 Å².